The van der Waals surface area contributed by atoms with Crippen LogP contribution in [0, 0.1) is 6.92 Å². The van der Waals surface area contributed by atoms with Crippen molar-refractivity contribution < 1.29 is 4.79 Å². The Morgan fingerprint density at radius 2 is 2.04 bits per heavy atom. The molecule has 1 saturated heterocycles. The van der Waals surface area contributed by atoms with Crippen molar-refractivity contribution in [1.29, 1.82) is 0 Å². The molecule has 4 rings (SSSR count). The number of carbonyl (C=O) groups is 1. The van der Waals surface area contributed by atoms with Gasteiger partial charge in [-0.05, 0) is 44.0 Å². The number of benzene rings is 1. The summed E-state index contributed by atoms with van der Waals surface area (Å²) in [5.41, 5.74) is 2.97. The first-order valence-corrected chi connectivity index (χ1v) is 8.70. The van der Waals surface area contributed by atoms with Crippen LogP contribution in [-0.4, -0.2) is 47.3 Å². The van der Waals surface area contributed by atoms with Crippen LogP contribution in [0.4, 0.5) is 5.69 Å². The molecule has 5 nitrogen and oxygen atoms in total. The highest BCUT2D eigenvalue weighted by Gasteiger charge is 2.51. The molecule has 2 aromatic rings. The average molecular weight is 324 g/mol. The van der Waals surface area contributed by atoms with Gasteiger partial charge in [0.15, 0.2) is 0 Å². The molecule has 1 amide bonds. The van der Waals surface area contributed by atoms with E-state index in [1.54, 1.807) is 0 Å². The quantitative estimate of drug-likeness (QED) is 0.869. The van der Waals surface area contributed by atoms with Crippen LogP contribution in [0.1, 0.15) is 24.1 Å². The minimum absolute atomic E-state index is 0.253. The number of likely N-dealkylation sites (N-methyl/N-ethyl adjacent to an activating group) is 1. The van der Waals surface area contributed by atoms with Crippen LogP contribution in [0.15, 0.2) is 36.5 Å². The molecule has 1 aromatic heterocycles. The lowest BCUT2D eigenvalue weighted by Crippen LogP contribution is -2.52. The molecule has 24 heavy (non-hydrogen) atoms. The number of anilines is 1. The molecule has 0 radical (unpaired) electrons. The Kier molecular flexibility index (Phi) is 3.68. The van der Waals surface area contributed by atoms with E-state index in [-0.39, 0.29) is 11.3 Å². The smallest absolute Gasteiger partial charge is 0.238 e. The molecule has 0 bridgehead atoms. The number of hydrogen-bond donors (Lipinski definition) is 0. The highest BCUT2D eigenvalue weighted by atomic mass is 16.2. The van der Waals surface area contributed by atoms with Crippen molar-refractivity contribution in [2.24, 2.45) is 0 Å². The average Bonchev–Trinajstić information content (AvgIpc) is 3.11. The second-order valence-electron chi connectivity index (χ2n) is 7.06. The third-order valence-electron chi connectivity index (χ3n) is 5.49. The number of likely N-dealkylation sites (tertiary alicyclic amines) is 1. The van der Waals surface area contributed by atoms with Gasteiger partial charge in [0.25, 0.3) is 0 Å². The zero-order valence-electron chi connectivity index (χ0n) is 14.4. The SMILES string of the molecule is Cc1ccn(CCN2CCCC3(C2)C(=O)N(C)c2ccccc23)n1. The number of amides is 1. The molecule has 1 aromatic carbocycles. The number of piperidine rings is 1. The van der Waals surface area contributed by atoms with Gasteiger partial charge in [-0.1, -0.05) is 18.2 Å². The fourth-order valence-corrected chi connectivity index (χ4v) is 4.28. The summed E-state index contributed by atoms with van der Waals surface area (Å²) in [7, 11) is 1.90. The first-order chi connectivity index (χ1) is 11.6. The fourth-order valence-electron chi connectivity index (χ4n) is 4.28. The number of para-hydroxylation sites is 1. The minimum Gasteiger partial charge on any atom is -0.314 e. The van der Waals surface area contributed by atoms with E-state index in [4.69, 9.17) is 0 Å². The first kappa shape index (κ1) is 15.4. The van der Waals surface area contributed by atoms with Crippen molar-refractivity contribution in [2.75, 3.05) is 31.6 Å². The van der Waals surface area contributed by atoms with E-state index in [9.17, 15) is 4.79 Å². The summed E-state index contributed by atoms with van der Waals surface area (Å²) >= 11 is 0. The van der Waals surface area contributed by atoms with E-state index in [1.165, 1.54) is 5.56 Å². The lowest BCUT2D eigenvalue weighted by Gasteiger charge is -2.39. The number of aromatic nitrogens is 2. The van der Waals surface area contributed by atoms with Gasteiger partial charge in [0, 0.05) is 32.0 Å². The summed E-state index contributed by atoms with van der Waals surface area (Å²) in [5.74, 6) is 0.253. The van der Waals surface area contributed by atoms with Crippen LogP contribution < -0.4 is 4.90 Å². The lowest BCUT2D eigenvalue weighted by molar-refractivity contribution is -0.124. The monoisotopic (exact) mass is 324 g/mol. The predicted octanol–water partition coefficient (Wildman–Crippen LogP) is 2.20. The number of fused-ring (bicyclic) bond motifs is 2. The van der Waals surface area contributed by atoms with Crippen LogP contribution in [0.25, 0.3) is 0 Å². The summed E-state index contributed by atoms with van der Waals surface area (Å²) in [6.45, 7) is 5.68. The highest BCUT2D eigenvalue weighted by Crippen LogP contribution is 2.46. The zero-order valence-corrected chi connectivity index (χ0v) is 14.4. The highest BCUT2D eigenvalue weighted by molar-refractivity contribution is 6.08. The second kappa shape index (κ2) is 5.74. The van der Waals surface area contributed by atoms with Gasteiger partial charge in [0.1, 0.15) is 0 Å². The van der Waals surface area contributed by atoms with Gasteiger partial charge in [-0.2, -0.15) is 5.10 Å². The van der Waals surface area contributed by atoms with Crippen LogP contribution in [0.2, 0.25) is 0 Å². The Morgan fingerprint density at radius 1 is 1.21 bits per heavy atom. The minimum atomic E-state index is -0.358. The predicted molar refractivity (Wildman–Crippen MR) is 94.2 cm³/mol. The van der Waals surface area contributed by atoms with Crippen molar-refractivity contribution in [1.82, 2.24) is 14.7 Å². The second-order valence-corrected chi connectivity index (χ2v) is 7.06. The number of carbonyl (C=O) groups excluding carboxylic acids is 1. The summed E-state index contributed by atoms with van der Waals surface area (Å²) < 4.78 is 1.99. The molecule has 0 saturated carbocycles. The maximum atomic E-state index is 13.0. The van der Waals surface area contributed by atoms with Gasteiger partial charge in [-0.15, -0.1) is 0 Å². The van der Waals surface area contributed by atoms with Gasteiger partial charge in [-0.25, -0.2) is 0 Å². The van der Waals surface area contributed by atoms with E-state index in [2.05, 4.69) is 28.2 Å². The normalized spacial score (nSPS) is 23.9. The van der Waals surface area contributed by atoms with E-state index >= 15 is 0 Å². The third kappa shape index (κ3) is 2.35. The van der Waals surface area contributed by atoms with Crippen molar-refractivity contribution in [3.8, 4) is 0 Å². The summed E-state index contributed by atoms with van der Waals surface area (Å²) in [6, 6.07) is 10.3. The van der Waals surface area contributed by atoms with Crippen molar-refractivity contribution in [3.05, 3.63) is 47.8 Å². The van der Waals surface area contributed by atoms with Crippen LogP contribution in [0.5, 0.6) is 0 Å². The third-order valence-corrected chi connectivity index (χ3v) is 5.49. The number of aryl methyl sites for hydroxylation is 1. The van der Waals surface area contributed by atoms with Crippen molar-refractivity contribution in [2.45, 2.75) is 31.7 Å². The Labute approximate surface area is 142 Å². The van der Waals surface area contributed by atoms with Crippen molar-refractivity contribution in [3.63, 3.8) is 0 Å². The summed E-state index contributed by atoms with van der Waals surface area (Å²) in [5, 5.41) is 4.46. The molecule has 2 aliphatic rings. The Hall–Kier alpha value is -2.14. The molecular weight excluding hydrogens is 300 g/mol. The summed E-state index contributed by atoms with van der Waals surface area (Å²) in [4.78, 5) is 17.3. The number of hydrogen-bond acceptors (Lipinski definition) is 3. The molecule has 126 valence electrons. The number of rotatable bonds is 3. The van der Waals surface area contributed by atoms with Crippen LogP contribution in [-0.2, 0) is 16.8 Å². The molecule has 0 aliphatic carbocycles. The maximum absolute atomic E-state index is 13.0. The van der Waals surface area contributed by atoms with Gasteiger partial charge >= 0.3 is 0 Å². The van der Waals surface area contributed by atoms with E-state index in [0.717, 1.165) is 50.4 Å². The largest absolute Gasteiger partial charge is 0.314 e. The van der Waals surface area contributed by atoms with Gasteiger partial charge < -0.3 is 9.80 Å². The molecule has 1 fully saturated rings. The van der Waals surface area contributed by atoms with E-state index in [1.807, 2.05) is 41.9 Å². The zero-order chi connectivity index (χ0) is 16.7. The number of nitrogens with zero attached hydrogens (tertiary/aromatic N) is 4. The first-order valence-electron chi connectivity index (χ1n) is 8.70. The van der Waals surface area contributed by atoms with Gasteiger partial charge in [0.2, 0.25) is 5.91 Å². The van der Waals surface area contributed by atoms with Crippen LogP contribution >= 0.6 is 0 Å². The lowest BCUT2D eigenvalue weighted by atomic mass is 9.75. The maximum Gasteiger partial charge on any atom is 0.238 e. The molecular formula is C19H24N4O. The standard InChI is InChI=1S/C19H24N4O/c1-15-8-11-23(20-15)13-12-22-10-5-9-19(14-22)16-6-3-4-7-17(16)21(2)18(19)24/h3-4,6-8,11H,5,9-10,12-14H2,1-2H3. The van der Waals surface area contributed by atoms with Crippen LogP contribution in [0.3, 0.4) is 0 Å². The van der Waals surface area contributed by atoms with Gasteiger partial charge in [0.05, 0.1) is 17.7 Å². The summed E-state index contributed by atoms with van der Waals surface area (Å²) in [6.07, 6.45) is 4.04. The Morgan fingerprint density at radius 3 is 2.83 bits per heavy atom. The fraction of sp³-hybridized carbons (Fsp3) is 0.474. The van der Waals surface area contributed by atoms with Crippen molar-refractivity contribution >= 4 is 11.6 Å². The molecule has 1 atom stereocenters. The Balaban J connectivity index is 1.55. The van der Waals surface area contributed by atoms with Gasteiger partial charge in [-0.3, -0.25) is 9.48 Å². The molecule has 1 spiro atoms. The molecule has 2 aliphatic heterocycles. The molecule has 3 heterocycles. The molecule has 5 heteroatoms. The van der Waals surface area contributed by atoms with E-state index < -0.39 is 0 Å². The topological polar surface area (TPSA) is 41.4 Å². The van der Waals surface area contributed by atoms with E-state index in [0.29, 0.717) is 0 Å². The molecule has 0 N–H and O–H groups in total. The molecule has 1 unspecified atom stereocenters. The Bertz CT molecular complexity index is 768.